The molecule has 9 heteroatoms. The van der Waals surface area contributed by atoms with Crippen molar-refractivity contribution in [3.05, 3.63) is 35.5 Å². The maximum atomic E-state index is 8.99. The Labute approximate surface area is 200 Å². The zero-order chi connectivity index (χ0) is 23.1. The molecule has 2 fully saturated rings. The predicted octanol–water partition coefficient (Wildman–Crippen LogP) is 3.02. The molecule has 0 aromatic carbocycles. The molecule has 3 heterocycles. The van der Waals surface area contributed by atoms with Crippen molar-refractivity contribution >= 4 is 23.2 Å². The second-order valence-corrected chi connectivity index (χ2v) is 9.56. The van der Waals surface area contributed by atoms with Gasteiger partial charge >= 0.3 is 0 Å². The summed E-state index contributed by atoms with van der Waals surface area (Å²) in [7, 11) is 0. The molecule has 2 aliphatic rings. The lowest BCUT2D eigenvalue weighted by Crippen LogP contribution is -2.50. The molecular weight excluding hydrogens is 440 g/mol. The third kappa shape index (κ3) is 6.77. The molecule has 8 nitrogen and oxygen atoms in total. The minimum atomic E-state index is -0.270. The molecule has 2 aromatic rings. The smallest absolute Gasteiger partial charge is 0.126 e. The van der Waals surface area contributed by atoms with E-state index in [0.717, 1.165) is 61.4 Å². The van der Waals surface area contributed by atoms with Crippen LogP contribution >= 0.6 is 11.6 Å². The van der Waals surface area contributed by atoms with Gasteiger partial charge in [-0.3, -0.25) is 0 Å². The highest BCUT2D eigenvalue weighted by Gasteiger charge is 2.28. The number of nitrogens with two attached hydrogens (primary N) is 1. The number of nitrogens with zero attached hydrogens (tertiary/aromatic N) is 2. The number of ether oxygens (including phenoxy) is 1. The van der Waals surface area contributed by atoms with Crippen molar-refractivity contribution in [3.8, 4) is 11.3 Å². The first-order valence-electron chi connectivity index (χ1n) is 11.9. The quantitative estimate of drug-likeness (QED) is 0.376. The lowest BCUT2D eigenvalue weighted by Gasteiger charge is -2.33. The highest BCUT2D eigenvalue weighted by Crippen LogP contribution is 2.30. The maximum absolute atomic E-state index is 8.99. The van der Waals surface area contributed by atoms with Gasteiger partial charge in [-0.2, -0.15) is 0 Å². The number of aliphatic hydroxyl groups excluding tert-OH is 1. The topological polar surface area (TPSA) is 117 Å². The number of anilines is 2. The van der Waals surface area contributed by atoms with Gasteiger partial charge < -0.3 is 31.5 Å². The van der Waals surface area contributed by atoms with E-state index in [4.69, 9.17) is 32.2 Å². The van der Waals surface area contributed by atoms with Crippen molar-refractivity contribution in [1.29, 1.82) is 0 Å². The van der Waals surface area contributed by atoms with Crippen LogP contribution in [0.25, 0.3) is 11.3 Å². The lowest BCUT2D eigenvalue weighted by atomic mass is 9.91. The van der Waals surface area contributed by atoms with Gasteiger partial charge in [0.1, 0.15) is 11.6 Å². The molecule has 0 spiro atoms. The minimum absolute atomic E-state index is 0.183. The van der Waals surface area contributed by atoms with Crippen LogP contribution in [-0.2, 0) is 4.74 Å². The molecule has 1 saturated heterocycles. The van der Waals surface area contributed by atoms with Crippen LogP contribution in [0.5, 0.6) is 0 Å². The molecule has 4 rings (SSSR count). The summed E-state index contributed by atoms with van der Waals surface area (Å²) >= 11 is 6.50. The number of halogens is 1. The van der Waals surface area contributed by atoms with Gasteiger partial charge in [-0.15, -0.1) is 0 Å². The second kappa shape index (κ2) is 11.4. The second-order valence-electron chi connectivity index (χ2n) is 9.16. The number of aromatic nitrogens is 2. The van der Waals surface area contributed by atoms with Gasteiger partial charge in [0.15, 0.2) is 0 Å². The summed E-state index contributed by atoms with van der Waals surface area (Å²) in [6.07, 6.45) is 7.66. The fourth-order valence-electron chi connectivity index (χ4n) is 4.54. The maximum Gasteiger partial charge on any atom is 0.126 e. The normalized spacial score (nSPS) is 22.6. The Morgan fingerprint density at radius 2 is 1.88 bits per heavy atom. The number of nitrogens with one attached hydrogen (secondary N) is 3. The molecular formula is C24H35ClN6O2. The molecule has 6 N–H and O–H groups in total. The van der Waals surface area contributed by atoms with Crippen molar-refractivity contribution in [3.63, 3.8) is 0 Å². The summed E-state index contributed by atoms with van der Waals surface area (Å²) in [6, 6.07) is 8.72. The number of hydrogen-bond donors (Lipinski definition) is 5. The van der Waals surface area contributed by atoms with Gasteiger partial charge in [0.25, 0.3) is 0 Å². The van der Waals surface area contributed by atoms with Crippen LogP contribution in [-0.4, -0.2) is 65.6 Å². The average Bonchev–Trinajstić information content (AvgIpc) is 2.84. The van der Waals surface area contributed by atoms with E-state index in [2.05, 4.69) is 20.9 Å². The largest absolute Gasteiger partial charge is 0.395 e. The monoisotopic (exact) mass is 474 g/mol. The van der Waals surface area contributed by atoms with E-state index >= 15 is 0 Å². The SMILES string of the molecule is NC1(CNc2cccc(-c3cc(N[C@H]4CC[C@H](NCCO)CC4)ncc3Cl)n2)CCOCC1. The van der Waals surface area contributed by atoms with Crippen LogP contribution in [0.15, 0.2) is 30.5 Å². The number of aliphatic hydroxyl groups is 1. The highest BCUT2D eigenvalue weighted by molar-refractivity contribution is 6.33. The van der Waals surface area contributed by atoms with Crippen LogP contribution in [0.3, 0.4) is 0 Å². The van der Waals surface area contributed by atoms with Gasteiger partial charge in [0.2, 0.25) is 0 Å². The Kier molecular flexibility index (Phi) is 8.38. The zero-order valence-electron chi connectivity index (χ0n) is 19.0. The molecule has 0 unspecified atom stereocenters. The molecule has 0 bridgehead atoms. The summed E-state index contributed by atoms with van der Waals surface area (Å²) in [5.41, 5.74) is 7.88. The van der Waals surface area contributed by atoms with Crippen LogP contribution < -0.4 is 21.7 Å². The first kappa shape index (κ1) is 24.2. The van der Waals surface area contributed by atoms with Crippen LogP contribution in [0.4, 0.5) is 11.6 Å². The van der Waals surface area contributed by atoms with Gasteiger partial charge in [-0.1, -0.05) is 17.7 Å². The molecule has 1 saturated carbocycles. The number of pyridine rings is 2. The van der Waals surface area contributed by atoms with Crippen molar-refractivity contribution in [2.75, 3.05) is 43.5 Å². The fourth-order valence-corrected chi connectivity index (χ4v) is 4.74. The van der Waals surface area contributed by atoms with Gasteiger partial charge in [-0.25, -0.2) is 9.97 Å². The van der Waals surface area contributed by atoms with E-state index in [0.29, 0.717) is 43.4 Å². The summed E-state index contributed by atoms with van der Waals surface area (Å²) in [5, 5.41) is 19.9. The van der Waals surface area contributed by atoms with Crippen LogP contribution in [0.1, 0.15) is 38.5 Å². The lowest BCUT2D eigenvalue weighted by molar-refractivity contribution is 0.0574. The van der Waals surface area contributed by atoms with E-state index in [-0.39, 0.29) is 12.1 Å². The van der Waals surface area contributed by atoms with Crippen LogP contribution in [0.2, 0.25) is 5.02 Å². The number of hydrogen-bond acceptors (Lipinski definition) is 8. The van der Waals surface area contributed by atoms with Crippen molar-refractivity contribution in [2.24, 2.45) is 5.73 Å². The molecule has 180 valence electrons. The summed E-state index contributed by atoms with van der Waals surface area (Å²) < 4.78 is 5.43. The van der Waals surface area contributed by atoms with Crippen molar-refractivity contribution < 1.29 is 9.84 Å². The Morgan fingerprint density at radius 3 is 2.64 bits per heavy atom. The Bertz CT molecular complexity index is 900. The van der Waals surface area contributed by atoms with Crippen molar-refractivity contribution in [1.82, 2.24) is 15.3 Å². The fraction of sp³-hybridized carbons (Fsp3) is 0.583. The zero-order valence-corrected chi connectivity index (χ0v) is 19.8. The van der Waals surface area contributed by atoms with E-state index in [1.165, 1.54) is 0 Å². The predicted molar refractivity (Wildman–Crippen MR) is 133 cm³/mol. The standard InChI is InChI=1S/C24H35ClN6O2/c25-20-15-28-23(30-18-6-4-17(5-7-18)27-10-11-32)14-19(20)21-2-1-3-22(31-21)29-16-24(26)8-12-33-13-9-24/h1-3,14-15,17-18,27,32H,4-13,16,26H2,(H,28,30)(H,29,31)/t17-,18-. The van der Waals surface area contributed by atoms with Gasteiger partial charge in [0.05, 0.1) is 17.3 Å². The van der Waals surface area contributed by atoms with E-state index < -0.39 is 0 Å². The molecule has 0 radical (unpaired) electrons. The summed E-state index contributed by atoms with van der Waals surface area (Å²) in [5.74, 6) is 1.59. The molecule has 2 aromatic heterocycles. The van der Waals surface area contributed by atoms with E-state index in [9.17, 15) is 0 Å². The molecule has 1 aliphatic carbocycles. The van der Waals surface area contributed by atoms with Crippen LogP contribution in [0, 0.1) is 0 Å². The summed E-state index contributed by atoms with van der Waals surface area (Å²) in [6.45, 7) is 2.90. The Morgan fingerprint density at radius 1 is 1.12 bits per heavy atom. The van der Waals surface area contributed by atoms with E-state index in [1.807, 2.05) is 24.3 Å². The third-order valence-electron chi connectivity index (χ3n) is 6.61. The first-order chi connectivity index (χ1) is 16.0. The van der Waals surface area contributed by atoms with Crippen molar-refractivity contribution in [2.45, 2.75) is 56.1 Å². The molecule has 0 atom stereocenters. The van der Waals surface area contributed by atoms with E-state index in [1.54, 1.807) is 6.20 Å². The molecule has 0 amide bonds. The van der Waals surface area contributed by atoms with Gasteiger partial charge in [-0.05, 0) is 56.7 Å². The minimum Gasteiger partial charge on any atom is -0.395 e. The van der Waals surface area contributed by atoms with Gasteiger partial charge in [0, 0.05) is 55.7 Å². The third-order valence-corrected chi connectivity index (χ3v) is 6.92. The Hall–Kier alpha value is -1.97. The highest BCUT2D eigenvalue weighted by atomic mass is 35.5. The molecule has 33 heavy (non-hydrogen) atoms. The number of rotatable bonds is 9. The summed E-state index contributed by atoms with van der Waals surface area (Å²) in [4.78, 5) is 9.27. The average molecular weight is 475 g/mol. The Balaban J connectivity index is 1.39. The molecule has 1 aliphatic heterocycles. The first-order valence-corrected chi connectivity index (χ1v) is 12.3.